The zero-order valence-corrected chi connectivity index (χ0v) is 16.9. The summed E-state index contributed by atoms with van der Waals surface area (Å²) in [6.07, 6.45) is 0.736. The molecule has 0 atom stereocenters. The van der Waals surface area contributed by atoms with Crippen LogP contribution in [-0.4, -0.2) is 29.2 Å². The normalized spacial score (nSPS) is 10.4. The SMILES string of the molecule is COc1ccc(CCC(=O)Nc2nonc2C(=N)Nc2ccc(F)c(Br)c2)cc1. The number of nitrogens with zero attached hydrogens (tertiary/aromatic N) is 2. The van der Waals surface area contributed by atoms with E-state index in [4.69, 9.17) is 10.1 Å². The maximum atomic E-state index is 13.3. The minimum atomic E-state index is -0.421. The van der Waals surface area contributed by atoms with Crippen LogP contribution in [0.15, 0.2) is 51.6 Å². The quantitative estimate of drug-likeness (QED) is 0.362. The van der Waals surface area contributed by atoms with Gasteiger partial charge in [-0.25, -0.2) is 9.02 Å². The van der Waals surface area contributed by atoms with Gasteiger partial charge in [0, 0.05) is 12.1 Å². The molecule has 10 heteroatoms. The number of ether oxygens (including phenoxy) is 1. The number of aryl methyl sites for hydroxylation is 1. The number of amides is 1. The van der Waals surface area contributed by atoms with Crippen molar-refractivity contribution in [1.82, 2.24) is 10.3 Å². The molecule has 29 heavy (non-hydrogen) atoms. The van der Waals surface area contributed by atoms with E-state index in [9.17, 15) is 9.18 Å². The van der Waals surface area contributed by atoms with Gasteiger partial charge in [0.1, 0.15) is 11.6 Å². The van der Waals surface area contributed by atoms with E-state index in [0.717, 1.165) is 11.3 Å². The van der Waals surface area contributed by atoms with Gasteiger partial charge < -0.3 is 15.4 Å². The average molecular weight is 462 g/mol. The Kier molecular flexibility index (Phi) is 6.55. The van der Waals surface area contributed by atoms with Crippen LogP contribution in [0.3, 0.4) is 0 Å². The highest BCUT2D eigenvalue weighted by Crippen LogP contribution is 2.21. The molecule has 1 aromatic heterocycles. The molecule has 0 saturated heterocycles. The molecule has 3 N–H and O–H groups in total. The lowest BCUT2D eigenvalue weighted by molar-refractivity contribution is -0.116. The Labute approximate surface area is 174 Å². The second-order valence-electron chi connectivity index (χ2n) is 5.99. The first-order valence-corrected chi connectivity index (χ1v) is 9.32. The number of rotatable bonds is 7. The molecule has 3 aromatic rings. The van der Waals surface area contributed by atoms with E-state index < -0.39 is 5.82 Å². The van der Waals surface area contributed by atoms with Crippen molar-refractivity contribution in [3.63, 3.8) is 0 Å². The standard InChI is InChI=1S/C19H17BrFN5O3/c1-28-13-6-2-11(3-7-13)4-9-16(27)24-19-17(25-29-26-19)18(22)23-12-5-8-15(21)14(20)10-12/h2-3,5-8,10H,4,9H2,1H3,(H2,22,23)(H,24,26,27). The smallest absolute Gasteiger partial charge is 0.226 e. The van der Waals surface area contributed by atoms with E-state index in [0.29, 0.717) is 12.1 Å². The fraction of sp³-hybridized carbons (Fsp3) is 0.158. The molecule has 0 spiro atoms. The molecule has 8 nitrogen and oxygen atoms in total. The van der Waals surface area contributed by atoms with Crippen LogP contribution in [-0.2, 0) is 11.2 Å². The van der Waals surface area contributed by atoms with Crippen LogP contribution < -0.4 is 15.4 Å². The van der Waals surface area contributed by atoms with Crippen molar-refractivity contribution in [3.8, 4) is 5.75 Å². The molecule has 0 aliphatic rings. The number of aromatic nitrogens is 2. The predicted octanol–water partition coefficient (Wildman–Crippen LogP) is 3.99. The molecule has 0 saturated carbocycles. The van der Waals surface area contributed by atoms with Gasteiger partial charge in [-0.1, -0.05) is 12.1 Å². The third kappa shape index (κ3) is 5.38. The molecule has 0 radical (unpaired) electrons. The van der Waals surface area contributed by atoms with Crippen molar-refractivity contribution in [3.05, 3.63) is 64.0 Å². The number of benzene rings is 2. The Morgan fingerprint density at radius 3 is 2.66 bits per heavy atom. The zero-order chi connectivity index (χ0) is 20.8. The van der Waals surface area contributed by atoms with Gasteiger partial charge in [0.25, 0.3) is 0 Å². The van der Waals surface area contributed by atoms with Gasteiger partial charge in [-0.2, -0.15) is 0 Å². The summed E-state index contributed by atoms with van der Waals surface area (Å²) in [7, 11) is 1.59. The second-order valence-corrected chi connectivity index (χ2v) is 6.84. The van der Waals surface area contributed by atoms with Crippen molar-refractivity contribution in [1.29, 1.82) is 5.41 Å². The summed E-state index contributed by atoms with van der Waals surface area (Å²) in [4.78, 5) is 12.2. The van der Waals surface area contributed by atoms with Crippen molar-refractivity contribution in [2.45, 2.75) is 12.8 Å². The van der Waals surface area contributed by atoms with E-state index in [-0.39, 0.29) is 34.1 Å². The molecule has 0 bridgehead atoms. The first kappa shape index (κ1) is 20.5. The Hall–Kier alpha value is -3.27. The van der Waals surface area contributed by atoms with Crippen molar-refractivity contribution in [2.24, 2.45) is 0 Å². The molecule has 2 aromatic carbocycles. The third-order valence-corrected chi connectivity index (χ3v) is 4.58. The highest BCUT2D eigenvalue weighted by Gasteiger charge is 2.18. The number of carbonyl (C=O) groups is 1. The summed E-state index contributed by atoms with van der Waals surface area (Å²) in [5.74, 6) is -0.0978. The Morgan fingerprint density at radius 2 is 1.97 bits per heavy atom. The van der Waals surface area contributed by atoms with Gasteiger partial charge in [0.15, 0.2) is 11.5 Å². The summed E-state index contributed by atoms with van der Waals surface area (Å²) in [5, 5.41) is 20.8. The lowest BCUT2D eigenvalue weighted by atomic mass is 10.1. The van der Waals surface area contributed by atoms with E-state index >= 15 is 0 Å². The molecule has 1 amide bonds. The minimum Gasteiger partial charge on any atom is -0.497 e. The minimum absolute atomic E-state index is 0.0308. The van der Waals surface area contributed by atoms with Crippen LogP contribution in [0.25, 0.3) is 0 Å². The van der Waals surface area contributed by atoms with Gasteiger partial charge in [0.05, 0.1) is 11.6 Å². The van der Waals surface area contributed by atoms with Gasteiger partial charge in [-0.05, 0) is 68.6 Å². The van der Waals surface area contributed by atoms with E-state index in [1.165, 1.54) is 18.2 Å². The maximum absolute atomic E-state index is 13.3. The van der Waals surface area contributed by atoms with Gasteiger partial charge in [0.2, 0.25) is 11.7 Å². The van der Waals surface area contributed by atoms with Crippen LogP contribution >= 0.6 is 15.9 Å². The highest BCUT2D eigenvalue weighted by atomic mass is 79.9. The van der Waals surface area contributed by atoms with E-state index in [1.807, 2.05) is 24.3 Å². The first-order chi connectivity index (χ1) is 14.0. The zero-order valence-electron chi connectivity index (χ0n) is 15.3. The fourth-order valence-electron chi connectivity index (χ4n) is 2.46. The van der Waals surface area contributed by atoms with E-state index in [1.54, 1.807) is 7.11 Å². The summed E-state index contributed by atoms with van der Waals surface area (Å²) < 4.78 is 23.3. The topological polar surface area (TPSA) is 113 Å². The van der Waals surface area contributed by atoms with Crippen molar-refractivity contribution >= 4 is 39.2 Å². The van der Waals surface area contributed by atoms with Gasteiger partial charge in [-0.3, -0.25) is 10.2 Å². The molecule has 1 heterocycles. The molecular formula is C19H17BrFN5O3. The Bertz CT molecular complexity index is 1020. The first-order valence-electron chi connectivity index (χ1n) is 8.52. The average Bonchev–Trinajstić information content (AvgIpc) is 3.18. The summed E-state index contributed by atoms with van der Waals surface area (Å²) in [6, 6.07) is 11.6. The third-order valence-electron chi connectivity index (χ3n) is 3.97. The molecular weight excluding hydrogens is 445 g/mol. The summed E-state index contributed by atoms with van der Waals surface area (Å²) in [6.45, 7) is 0. The Morgan fingerprint density at radius 1 is 1.21 bits per heavy atom. The highest BCUT2D eigenvalue weighted by molar-refractivity contribution is 9.10. The maximum Gasteiger partial charge on any atom is 0.226 e. The Balaban J connectivity index is 1.59. The van der Waals surface area contributed by atoms with Crippen LogP contribution in [0.5, 0.6) is 5.75 Å². The van der Waals surface area contributed by atoms with Crippen molar-refractivity contribution in [2.75, 3.05) is 17.7 Å². The number of hydrogen-bond donors (Lipinski definition) is 3. The van der Waals surface area contributed by atoms with Crippen LogP contribution in [0.4, 0.5) is 15.9 Å². The number of carbonyl (C=O) groups excluding carboxylic acids is 1. The lowest BCUT2D eigenvalue weighted by Crippen LogP contribution is -2.18. The molecule has 3 rings (SSSR count). The summed E-state index contributed by atoms with van der Waals surface area (Å²) in [5.41, 5.74) is 1.47. The number of nitrogens with one attached hydrogen (secondary N) is 3. The predicted molar refractivity (Wildman–Crippen MR) is 109 cm³/mol. The monoisotopic (exact) mass is 461 g/mol. The van der Waals surface area contributed by atoms with Gasteiger partial charge in [-0.15, -0.1) is 0 Å². The summed E-state index contributed by atoms with van der Waals surface area (Å²) >= 11 is 3.08. The molecule has 0 aliphatic carbocycles. The van der Waals surface area contributed by atoms with Crippen LogP contribution in [0.1, 0.15) is 17.7 Å². The molecule has 0 fully saturated rings. The second kappa shape index (κ2) is 9.28. The van der Waals surface area contributed by atoms with Crippen LogP contribution in [0, 0.1) is 11.2 Å². The number of hydrogen-bond acceptors (Lipinski definition) is 6. The number of anilines is 2. The van der Waals surface area contributed by atoms with E-state index in [2.05, 4.69) is 41.5 Å². The van der Waals surface area contributed by atoms with Gasteiger partial charge >= 0.3 is 0 Å². The number of methoxy groups -OCH3 is 1. The largest absolute Gasteiger partial charge is 0.497 e. The van der Waals surface area contributed by atoms with Crippen molar-refractivity contribution < 1.29 is 18.6 Å². The number of amidine groups is 1. The van der Waals surface area contributed by atoms with Crippen LogP contribution in [0.2, 0.25) is 0 Å². The fourth-order valence-corrected chi connectivity index (χ4v) is 2.84. The number of halogens is 2. The molecule has 0 aliphatic heterocycles. The molecule has 150 valence electrons. The lowest BCUT2D eigenvalue weighted by Gasteiger charge is -2.08. The molecule has 0 unspecified atom stereocenters.